The molecule has 0 heterocycles. The number of rotatable bonds is 10. The molecule has 6 nitrogen and oxygen atoms in total. The van der Waals surface area contributed by atoms with E-state index in [-0.39, 0.29) is 36.2 Å². The number of allylic oxidation sites excluding steroid dienone is 1. The van der Waals surface area contributed by atoms with Gasteiger partial charge in [0, 0.05) is 31.9 Å². The molecule has 0 aromatic heterocycles. The fourth-order valence-corrected chi connectivity index (χ4v) is 2.26. The van der Waals surface area contributed by atoms with Crippen molar-refractivity contribution in [1.29, 1.82) is 0 Å². The van der Waals surface area contributed by atoms with Gasteiger partial charge < -0.3 is 23.7 Å². The number of hydrogen-bond acceptors (Lipinski definition) is 6. The molecule has 0 saturated heterocycles. The molecule has 0 radical (unpaired) electrons. The third-order valence-corrected chi connectivity index (χ3v) is 3.51. The molecule has 27 heavy (non-hydrogen) atoms. The SMILES string of the molecule is COCOc1cc(OC)cc(OCOC)c1C(=O)/C=C/c1ccccc1F. The number of halogens is 1. The molecular formula is C20H21FO6. The normalized spacial score (nSPS) is 10.8. The van der Waals surface area contributed by atoms with E-state index in [1.54, 1.807) is 30.3 Å². The monoisotopic (exact) mass is 376 g/mol. The van der Waals surface area contributed by atoms with Crippen molar-refractivity contribution in [3.8, 4) is 17.2 Å². The minimum atomic E-state index is -0.432. The minimum absolute atomic E-state index is 0.0752. The average molecular weight is 376 g/mol. The van der Waals surface area contributed by atoms with Crippen LogP contribution in [-0.2, 0) is 9.47 Å². The second-order valence-corrected chi connectivity index (χ2v) is 5.32. The summed E-state index contributed by atoms with van der Waals surface area (Å²) in [5.74, 6) is -0.00100. The first-order valence-corrected chi connectivity index (χ1v) is 8.03. The number of carbonyl (C=O) groups is 1. The highest BCUT2D eigenvalue weighted by molar-refractivity contribution is 6.10. The summed E-state index contributed by atoms with van der Waals surface area (Å²) in [7, 11) is 4.40. The molecule has 0 saturated carbocycles. The Bertz CT molecular complexity index is 774. The molecule has 0 aliphatic rings. The first kappa shape index (κ1) is 20.4. The van der Waals surface area contributed by atoms with Crippen LogP contribution in [0.2, 0.25) is 0 Å². The summed E-state index contributed by atoms with van der Waals surface area (Å²) < 4.78 is 39.8. The second kappa shape index (κ2) is 10.3. The molecular weight excluding hydrogens is 355 g/mol. The van der Waals surface area contributed by atoms with E-state index in [1.807, 2.05) is 0 Å². The summed E-state index contributed by atoms with van der Waals surface area (Å²) >= 11 is 0. The predicted molar refractivity (Wildman–Crippen MR) is 97.8 cm³/mol. The lowest BCUT2D eigenvalue weighted by molar-refractivity contribution is 0.0444. The Labute approximate surface area is 157 Å². The van der Waals surface area contributed by atoms with Crippen molar-refractivity contribution in [2.75, 3.05) is 34.9 Å². The molecule has 144 valence electrons. The molecule has 0 aliphatic carbocycles. The summed E-state index contributed by atoms with van der Waals surface area (Å²) in [6.45, 7) is -0.150. The fraction of sp³-hybridized carbons (Fsp3) is 0.250. The molecule has 2 rings (SSSR count). The van der Waals surface area contributed by atoms with Crippen molar-refractivity contribution in [2.45, 2.75) is 0 Å². The maximum absolute atomic E-state index is 13.8. The van der Waals surface area contributed by atoms with Crippen LogP contribution < -0.4 is 14.2 Å². The number of ether oxygens (including phenoxy) is 5. The zero-order valence-corrected chi connectivity index (χ0v) is 15.4. The van der Waals surface area contributed by atoms with Crippen LogP contribution in [0.4, 0.5) is 4.39 Å². The van der Waals surface area contributed by atoms with Gasteiger partial charge in [-0.3, -0.25) is 4.79 Å². The van der Waals surface area contributed by atoms with Gasteiger partial charge in [0.1, 0.15) is 28.6 Å². The van der Waals surface area contributed by atoms with E-state index in [9.17, 15) is 9.18 Å². The number of hydrogen-bond donors (Lipinski definition) is 0. The van der Waals surface area contributed by atoms with E-state index in [1.165, 1.54) is 39.5 Å². The molecule has 0 fully saturated rings. The van der Waals surface area contributed by atoms with Gasteiger partial charge in [-0.2, -0.15) is 0 Å². The molecule has 0 bridgehead atoms. The summed E-state index contributed by atoms with van der Waals surface area (Å²) in [4.78, 5) is 12.8. The van der Waals surface area contributed by atoms with Gasteiger partial charge in [-0.05, 0) is 18.2 Å². The molecule has 0 amide bonds. The molecule has 0 N–H and O–H groups in total. The number of methoxy groups -OCH3 is 3. The fourth-order valence-electron chi connectivity index (χ4n) is 2.26. The topological polar surface area (TPSA) is 63.2 Å². The largest absolute Gasteiger partial charge is 0.496 e. The van der Waals surface area contributed by atoms with Crippen LogP contribution >= 0.6 is 0 Å². The van der Waals surface area contributed by atoms with Crippen molar-refractivity contribution in [3.05, 3.63) is 59.4 Å². The Kier molecular flexibility index (Phi) is 7.79. The van der Waals surface area contributed by atoms with E-state index in [4.69, 9.17) is 23.7 Å². The lowest BCUT2D eigenvalue weighted by Crippen LogP contribution is -2.09. The Hall–Kier alpha value is -2.90. The van der Waals surface area contributed by atoms with Gasteiger partial charge in [0.05, 0.1) is 7.11 Å². The van der Waals surface area contributed by atoms with Gasteiger partial charge in [0.15, 0.2) is 19.4 Å². The van der Waals surface area contributed by atoms with E-state index in [2.05, 4.69) is 0 Å². The van der Waals surface area contributed by atoms with Crippen LogP contribution in [0.25, 0.3) is 6.08 Å². The quantitative estimate of drug-likeness (QED) is 0.358. The summed E-state index contributed by atoms with van der Waals surface area (Å²) in [6.07, 6.45) is 2.64. The average Bonchev–Trinajstić information content (AvgIpc) is 2.69. The zero-order chi connectivity index (χ0) is 19.6. The lowest BCUT2D eigenvalue weighted by Gasteiger charge is -2.15. The highest BCUT2D eigenvalue weighted by Crippen LogP contribution is 2.35. The van der Waals surface area contributed by atoms with Crippen molar-refractivity contribution in [1.82, 2.24) is 0 Å². The first-order chi connectivity index (χ1) is 13.1. The predicted octanol–water partition coefficient (Wildman–Crippen LogP) is 3.70. The van der Waals surface area contributed by atoms with Crippen molar-refractivity contribution >= 4 is 11.9 Å². The Morgan fingerprint density at radius 1 is 1.00 bits per heavy atom. The zero-order valence-electron chi connectivity index (χ0n) is 15.4. The van der Waals surface area contributed by atoms with Gasteiger partial charge >= 0.3 is 0 Å². The molecule has 0 aliphatic heterocycles. The molecule has 2 aromatic rings. The van der Waals surface area contributed by atoms with Gasteiger partial charge in [0.25, 0.3) is 0 Å². The third kappa shape index (κ3) is 5.54. The van der Waals surface area contributed by atoms with E-state index in [0.29, 0.717) is 5.75 Å². The molecule has 2 aromatic carbocycles. The Morgan fingerprint density at radius 2 is 1.59 bits per heavy atom. The number of carbonyl (C=O) groups excluding carboxylic acids is 1. The smallest absolute Gasteiger partial charge is 0.193 e. The highest BCUT2D eigenvalue weighted by atomic mass is 19.1. The standard InChI is InChI=1S/C20H21FO6/c1-23-12-26-18-10-15(25-3)11-19(27-13-24-2)20(18)17(22)9-8-14-6-4-5-7-16(14)21/h4-11H,12-13H2,1-3H3/b9-8+. The van der Waals surface area contributed by atoms with Crippen LogP contribution in [0.1, 0.15) is 15.9 Å². The van der Waals surface area contributed by atoms with Gasteiger partial charge in [0.2, 0.25) is 0 Å². The summed E-state index contributed by atoms with van der Waals surface area (Å²) in [6, 6.07) is 9.23. The van der Waals surface area contributed by atoms with E-state index < -0.39 is 11.6 Å². The second-order valence-electron chi connectivity index (χ2n) is 5.32. The maximum atomic E-state index is 13.8. The minimum Gasteiger partial charge on any atom is -0.496 e. The van der Waals surface area contributed by atoms with Crippen LogP contribution in [-0.4, -0.2) is 40.7 Å². The number of benzene rings is 2. The van der Waals surface area contributed by atoms with Crippen LogP contribution in [0.15, 0.2) is 42.5 Å². The molecule has 0 atom stereocenters. The third-order valence-electron chi connectivity index (χ3n) is 3.51. The molecule has 7 heteroatoms. The van der Waals surface area contributed by atoms with E-state index >= 15 is 0 Å². The lowest BCUT2D eigenvalue weighted by atomic mass is 10.1. The Balaban J connectivity index is 2.43. The van der Waals surface area contributed by atoms with Gasteiger partial charge in [-0.15, -0.1) is 0 Å². The first-order valence-electron chi connectivity index (χ1n) is 8.03. The van der Waals surface area contributed by atoms with Crippen LogP contribution in [0, 0.1) is 5.82 Å². The van der Waals surface area contributed by atoms with Crippen molar-refractivity contribution < 1.29 is 32.9 Å². The van der Waals surface area contributed by atoms with Crippen LogP contribution in [0.3, 0.4) is 0 Å². The molecule has 0 unspecified atom stereocenters. The van der Waals surface area contributed by atoms with Gasteiger partial charge in [-0.25, -0.2) is 4.39 Å². The molecule has 0 spiro atoms. The summed E-state index contributed by atoms with van der Waals surface area (Å²) in [5.41, 5.74) is 0.440. The van der Waals surface area contributed by atoms with Crippen LogP contribution in [0.5, 0.6) is 17.2 Å². The van der Waals surface area contributed by atoms with E-state index in [0.717, 1.165) is 0 Å². The van der Waals surface area contributed by atoms with Crippen molar-refractivity contribution in [3.63, 3.8) is 0 Å². The van der Waals surface area contributed by atoms with Crippen molar-refractivity contribution in [2.24, 2.45) is 0 Å². The Morgan fingerprint density at radius 3 is 2.11 bits per heavy atom. The van der Waals surface area contributed by atoms with Gasteiger partial charge in [-0.1, -0.05) is 18.2 Å². The number of ketones is 1. The maximum Gasteiger partial charge on any atom is 0.193 e. The summed E-state index contributed by atoms with van der Waals surface area (Å²) in [5, 5.41) is 0. The highest BCUT2D eigenvalue weighted by Gasteiger charge is 2.20.